The van der Waals surface area contributed by atoms with Crippen molar-refractivity contribution in [2.45, 2.75) is 45.6 Å². The van der Waals surface area contributed by atoms with Crippen LogP contribution in [0.25, 0.3) is 0 Å². The molecule has 5 heteroatoms. The van der Waals surface area contributed by atoms with Gasteiger partial charge in [-0.2, -0.15) is 0 Å². The maximum atomic E-state index is 12.4. The molecule has 1 heterocycles. The summed E-state index contributed by atoms with van der Waals surface area (Å²) in [4.78, 5) is 24.3. The average molecular weight is 300 g/mol. The number of aromatic nitrogens is 1. The Hall–Kier alpha value is -2.30. The molecule has 22 heavy (non-hydrogen) atoms. The number of hydrogen-bond donors (Lipinski definition) is 1. The molecule has 0 saturated carbocycles. The zero-order valence-electron chi connectivity index (χ0n) is 13.1. The van der Waals surface area contributed by atoms with Gasteiger partial charge in [0, 0.05) is 0 Å². The van der Waals surface area contributed by atoms with Gasteiger partial charge in [0.05, 0.1) is 17.3 Å². The van der Waals surface area contributed by atoms with Crippen LogP contribution >= 0.6 is 0 Å². The van der Waals surface area contributed by atoms with Gasteiger partial charge < -0.3 is 9.84 Å². The second kappa shape index (κ2) is 5.48. The largest absolute Gasteiger partial charge is 0.361 e. The molecule has 3 rings (SSSR count). The first kappa shape index (κ1) is 14.6. The van der Waals surface area contributed by atoms with E-state index < -0.39 is 5.63 Å². The van der Waals surface area contributed by atoms with Crippen molar-refractivity contribution >= 4 is 6.03 Å². The van der Waals surface area contributed by atoms with E-state index in [1.807, 2.05) is 32.0 Å². The molecule has 5 nitrogen and oxygen atoms in total. The van der Waals surface area contributed by atoms with Crippen molar-refractivity contribution in [2.24, 2.45) is 0 Å². The molecule has 116 valence electrons. The second-order valence-electron chi connectivity index (χ2n) is 6.07. The van der Waals surface area contributed by atoms with Gasteiger partial charge in [0.1, 0.15) is 0 Å². The highest BCUT2D eigenvalue weighted by Crippen LogP contribution is 2.30. The van der Waals surface area contributed by atoms with Crippen molar-refractivity contribution < 1.29 is 9.32 Å². The first-order valence-corrected chi connectivity index (χ1v) is 7.60. The molecule has 1 aromatic carbocycles. The van der Waals surface area contributed by atoms with E-state index in [9.17, 15) is 9.59 Å². The summed E-state index contributed by atoms with van der Waals surface area (Å²) >= 11 is 0. The summed E-state index contributed by atoms with van der Waals surface area (Å²) in [6.07, 6.45) is 1.82. The molecule has 1 N–H and O–H groups in total. The molecular formula is C17H20N2O3. The SMILES string of the molecule is Cc1c(C(C)C)c(=O)on1C(=O)N[C@H]1CCc2ccccc21. The van der Waals surface area contributed by atoms with Gasteiger partial charge in [0.2, 0.25) is 0 Å². The second-order valence-corrected chi connectivity index (χ2v) is 6.07. The van der Waals surface area contributed by atoms with Crippen LogP contribution in [-0.4, -0.2) is 10.8 Å². The fourth-order valence-corrected chi connectivity index (χ4v) is 3.22. The zero-order valence-corrected chi connectivity index (χ0v) is 13.1. The standard InChI is InChI=1S/C17H20N2O3/c1-10(2)15-11(3)19(22-16(15)20)17(21)18-14-9-8-12-6-4-5-7-13(12)14/h4-7,10,14H,8-9H2,1-3H3,(H,18,21)/t14-/m0/s1. The molecule has 2 aromatic rings. The summed E-state index contributed by atoms with van der Waals surface area (Å²) in [6, 6.07) is 7.68. The summed E-state index contributed by atoms with van der Waals surface area (Å²) in [5, 5.41) is 2.96. The van der Waals surface area contributed by atoms with Crippen molar-refractivity contribution in [3.8, 4) is 0 Å². The predicted molar refractivity (Wildman–Crippen MR) is 83.2 cm³/mol. The maximum Gasteiger partial charge on any atom is 0.361 e. The van der Waals surface area contributed by atoms with E-state index in [-0.39, 0.29) is 18.0 Å². The van der Waals surface area contributed by atoms with Crippen molar-refractivity contribution in [3.63, 3.8) is 0 Å². The summed E-state index contributed by atoms with van der Waals surface area (Å²) in [6.45, 7) is 5.56. The van der Waals surface area contributed by atoms with Gasteiger partial charge in [-0.15, -0.1) is 4.74 Å². The molecular weight excluding hydrogens is 280 g/mol. The van der Waals surface area contributed by atoms with Gasteiger partial charge in [-0.05, 0) is 36.8 Å². The Labute approximate surface area is 128 Å². The molecule has 0 fully saturated rings. The van der Waals surface area contributed by atoms with Crippen LogP contribution in [0.15, 0.2) is 33.6 Å². The van der Waals surface area contributed by atoms with Crippen molar-refractivity contribution in [3.05, 3.63) is 57.1 Å². The number of carbonyl (C=O) groups excluding carboxylic acids is 1. The quantitative estimate of drug-likeness (QED) is 0.926. The topological polar surface area (TPSA) is 64.2 Å². The summed E-state index contributed by atoms with van der Waals surface area (Å²) in [5.74, 6) is 0.0255. The molecule has 0 saturated heterocycles. The third kappa shape index (κ3) is 2.36. The van der Waals surface area contributed by atoms with Crippen LogP contribution in [0, 0.1) is 6.92 Å². The fraction of sp³-hybridized carbons (Fsp3) is 0.412. The molecule has 1 aromatic heterocycles. The van der Waals surface area contributed by atoms with Gasteiger partial charge >= 0.3 is 11.7 Å². The van der Waals surface area contributed by atoms with Gasteiger partial charge in [-0.25, -0.2) is 9.59 Å². The predicted octanol–water partition coefficient (Wildman–Crippen LogP) is 3.12. The van der Waals surface area contributed by atoms with Crippen LogP contribution in [0.3, 0.4) is 0 Å². The van der Waals surface area contributed by atoms with E-state index in [4.69, 9.17) is 4.52 Å². The molecule has 0 radical (unpaired) electrons. The normalized spacial score (nSPS) is 16.8. The number of nitrogens with zero attached hydrogens (tertiary/aromatic N) is 1. The fourth-order valence-electron chi connectivity index (χ4n) is 3.22. The Morgan fingerprint density at radius 3 is 2.77 bits per heavy atom. The van der Waals surface area contributed by atoms with E-state index in [1.54, 1.807) is 6.92 Å². The molecule has 1 atom stereocenters. The number of aryl methyl sites for hydroxylation is 1. The summed E-state index contributed by atoms with van der Waals surface area (Å²) in [7, 11) is 0. The average Bonchev–Trinajstić information content (AvgIpc) is 3.00. The number of hydrogen-bond acceptors (Lipinski definition) is 3. The maximum absolute atomic E-state index is 12.4. The third-order valence-electron chi connectivity index (χ3n) is 4.28. The highest BCUT2D eigenvalue weighted by Gasteiger charge is 2.26. The van der Waals surface area contributed by atoms with Crippen LogP contribution < -0.4 is 10.9 Å². The minimum Gasteiger partial charge on any atom is -0.328 e. The van der Waals surface area contributed by atoms with Crippen LogP contribution in [0.1, 0.15) is 54.6 Å². The lowest BCUT2D eigenvalue weighted by molar-refractivity contribution is 0.201. The van der Waals surface area contributed by atoms with Crippen molar-refractivity contribution in [1.82, 2.24) is 10.1 Å². The van der Waals surface area contributed by atoms with E-state index in [2.05, 4.69) is 11.4 Å². The Morgan fingerprint density at radius 1 is 1.36 bits per heavy atom. The molecule has 1 amide bonds. The molecule has 1 aliphatic rings. The molecule has 0 spiro atoms. The lowest BCUT2D eigenvalue weighted by Crippen LogP contribution is -2.31. The Balaban J connectivity index is 1.85. The number of benzene rings is 1. The first-order valence-electron chi connectivity index (χ1n) is 7.60. The van der Waals surface area contributed by atoms with Gasteiger partial charge in [0.25, 0.3) is 0 Å². The molecule has 0 unspecified atom stereocenters. The summed E-state index contributed by atoms with van der Waals surface area (Å²) < 4.78 is 6.20. The smallest absolute Gasteiger partial charge is 0.328 e. The lowest BCUT2D eigenvalue weighted by atomic mass is 10.1. The van der Waals surface area contributed by atoms with E-state index in [1.165, 1.54) is 5.56 Å². The van der Waals surface area contributed by atoms with Crippen LogP contribution in [0.4, 0.5) is 4.79 Å². The minimum atomic E-state index is -0.436. The number of rotatable bonds is 2. The van der Waals surface area contributed by atoms with Crippen LogP contribution in [-0.2, 0) is 6.42 Å². The van der Waals surface area contributed by atoms with E-state index in [0.29, 0.717) is 11.3 Å². The highest BCUT2D eigenvalue weighted by molar-refractivity contribution is 5.77. The third-order valence-corrected chi connectivity index (χ3v) is 4.28. The minimum absolute atomic E-state index is 0.0255. The number of amides is 1. The molecule has 0 bridgehead atoms. The van der Waals surface area contributed by atoms with Gasteiger partial charge in [-0.1, -0.05) is 38.1 Å². The van der Waals surface area contributed by atoms with E-state index >= 15 is 0 Å². The zero-order chi connectivity index (χ0) is 15.9. The van der Waals surface area contributed by atoms with Crippen LogP contribution in [0.5, 0.6) is 0 Å². The van der Waals surface area contributed by atoms with Crippen molar-refractivity contribution in [2.75, 3.05) is 0 Å². The Bertz CT molecular complexity index is 770. The van der Waals surface area contributed by atoms with Crippen LogP contribution in [0.2, 0.25) is 0 Å². The number of fused-ring (bicyclic) bond motifs is 1. The Morgan fingerprint density at radius 2 is 2.09 bits per heavy atom. The van der Waals surface area contributed by atoms with Gasteiger partial charge in [-0.3, -0.25) is 0 Å². The first-order chi connectivity index (χ1) is 10.5. The van der Waals surface area contributed by atoms with Gasteiger partial charge in [0.15, 0.2) is 0 Å². The lowest BCUT2D eigenvalue weighted by Gasteiger charge is -2.14. The van der Waals surface area contributed by atoms with Crippen molar-refractivity contribution in [1.29, 1.82) is 0 Å². The summed E-state index contributed by atoms with van der Waals surface area (Å²) in [5.41, 5.74) is 3.11. The Kier molecular flexibility index (Phi) is 3.64. The highest BCUT2D eigenvalue weighted by atomic mass is 16.5. The number of nitrogens with one attached hydrogen (secondary N) is 1. The molecule has 0 aliphatic heterocycles. The molecule has 1 aliphatic carbocycles. The van der Waals surface area contributed by atoms with E-state index in [0.717, 1.165) is 23.1 Å². The number of carbonyl (C=O) groups is 1. The monoisotopic (exact) mass is 300 g/mol.